The number of rotatable bonds is 9. The number of ketones is 1. The molecule has 3 rings (SSSR count). The van der Waals surface area contributed by atoms with E-state index >= 15 is 0 Å². The van der Waals surface area contributed by atoms with Gasteiger partial charge in [0.1, 0.15) is 5.75 Å². The highest BCUT2D eigenvalue weighted by molar-refractivity contribution is 7.98. The molecule has 0 aliphatic carbocycles. The molecule has 0 radical (unpaired) electrons. The second-order valence-electron chi connectivity index (χ2n) is 5.55. The van der Waals surface area contributed by atoms with E-state index in [-0.39, 0.29) is 35.0 Å². The zero-order chi connectivity index (χ0) is 21.7. The fraction of sp³-hybridized carbons (Fsp3) is 0.167. The fourth-order valence-electron chi connectivity index (χ4n) is 2.38. The number of aromatic amines is 1. The van der Waals surface area contributed by atoms with Crippen LogP contribution in [0.1, 0.15) is 5.69 Å². The zero-order valence-corrected chi connectivity index (χ0v) is 16.1. The van der Waals surface area contributed by atoms with Gasteiger partial charge in [-0.3, -0.25) is 14.6 Å². The van der Waals surface area contributed by atoms with Gasteiger partial charge in [0.2, 0.25) is 0 Å². The smallest absolute Gasteiger partial charge is 0.388 e. The Bertz CT molecular complexity index is 1100. The van der Waals surface area contributed by atoms with Crippen molar-refractivity contribution in [3.8, 4) is 17.2 Å². The van der Waals surface area contributed by atoms with Gasteiger partial charge in [0.05, 0.1) is 23.8 Å². The van der Waals surface area contributed by atoms with Crippen LogP contribution in [0.3, 0.4) is 0 Å². The van der Waals surface area contributed by atoms with E-state index in [1.54, 1.807) is 0 Å². The number of pyridine rings is 1. The van der Waals surface area contributed by atoms with E-state index in [4.69, 9.17) is 9.47 Å². The van der Waals surface area contributed by atoms with Gasteiger partial charge in [-0.2, -0.15) is 8.78 Å². The SMILES string of the molecule is COc1ccnc(CSc2nc3ccc(OC(F)F)cc3[nH]2)c1OC(=O)C(=O)C=O. The third-order valence-corrected chi connectivity index (χ3v) is 4.55. The van der Waals surface area contributed by atoms with Crippen molar-refractivity contribution in [2.75, 3.05) is 7.11 Å². The number of hydrogen-bond acceptors (Lipinski definition) is 9. The Labute approximate surface area is 171 Å². The summed E-state index contributed by atoms with van der Waals surface area (Å²) in [5, 5.41) is 0.435. The number of thioether (sulfide) groups is 1. The highest BCUT2D eigenvalue weighted by atomic mass is 32.2. The number of H-pyrrole nitrogens is 1. The lowest BCUT2D eigenvalue weighted by molar-refractivity contribution is -0.148. The number of benzene rings is 1. The van der Waals surface area contributed by atoms with Gasteiger partial charge in [0, 0.05) is 24.1 Å². The van der Waals surface area contributed by atoms with Crippen molar-refractivity contribution in [2.45, 2.75) is 17.5 Å². The summed E-state index contributed by atoms with van der Waals surface area (Å²) in [6.45, 7) is -2.94. The van der Waals surface area contributed by atoms with E-state index in [1.807, 2.05) is 0 Å². The van der Waals surface area contributed by atoms with E-state index in [9.17, 15) is 23.2 Å². The number of hydrogen-bond donors (Lipinski definition) is 1. The van der Waals surface area contributed by atoms with Gasteiger partial charge in [-0.1, -0.05) is 11.8 Å². The molecule has 2 aromatic heterocycles. The summed E-state index contributed by atoms with van der Waals surface area (Å²) in [7, 11) is 1.34. The summed E-state index contributed by atoms with van der Waals surface area (Å²) in [6, 6.07) is 5.71. The molecule has 0 fully saturated rings. The Kier molecular flexibility index (Phi) is 6.57. The number of aldehydes is 1. The van der Waals surface area contributed by atoms with Crippen molar-refractivity contribution in [1.82, 2.24) is 15.0 Å². The summed E-state index contributed by atoms with van der Waals surface area (Å²) in [6.07, 6.45) is 1.26. The number of halogens is 2. The first kappa shape index (κ1) is 21.2. The van der Waals surface area contributed by atoms with Crippen LogP contribution < -0.4 is 14.2 Å². The first-order chi connectivity index (χ1) is 14.4. The molecule has 3 aromatic rings. The molecule has 0 bridgehead atoms. The molecule has 0 amide bonds. The minimum Gasteiger partial charge on any atom is -0.493 e. The van der Waals surface area contributed by atoms with Crippen molar-refractivity contribution < 1.29 is 37.4 Å². The third-order valence-electron chi connectivity index (χ3n) is 3.67. The summed E-state index contributed by atoms with van der Waals surface area (Å²) >= 11 is 1.17. The number of alkyl halides is 2. The summed E-state index contributed by atoms with van der Waals surface area (Å²) in [4.78, 5) is 44.8. The molecule has 0 saturated heterocycles. The Balaban J connectivity index is 1.80. The van der Waals surface area contributed by atoms with Crippen LogP contribution in [-0.4, -0.2) is 46.7 Å². The number of methoxy groups -OCH3 is 1. The van der Waals surface area contributed by atoms with Gasteiger partial charge < -0.3 is 19.2 Å². The summed E-state index contributed by atoms with van der Waals surface area (Å²) < 4.78 is 39.2. The quantitative estimate of drug-likeness (QED) is 0.177. The number of carbonyl (C=O) groups is 3. The van der Waals surface area contributed by atoms with Gasteiger partial charge in [-0.15, -0.1) is 0 Å². The maximum atomic E-state index is 12.4. The van der Waals surface area contributed by atoms with Crippen LogP contribution in [0.25, 0.3) is 11.0 Å². The maximum Gasteiger partial charge on any atom is 0.388 e. The molecule has 2 heterocycles. The lowest BCUT2D eigenvalue weighted by atomic mass is 10.3. The minimum absolute atomic E-state index is 0.0128. The Morgan fingerprint density at radius 1 is 1.30 bits per heavy atom. The van der Waals surface area contributed by atoms with Crippen LogP contribution in [0.2, 0.25) is 0 Å². The molecule has 9 nitrogen and oxygen atoms in total. The number of fused-ring (bicyclic) bond motifs is 1. The van der Waals surface area contributed by atoms with E-state index in [0.717, 1.165) is 0 Å². The first-order valence-corrected chi connectivity index (χ1v) is 9.20. The molecule has 12 heteroatoms. The Hall–Kier alpha value is -3.54. The minimum atomic E-state index is -2.94. The largest absolute Gasteiger partial charge is 0.493 e. The van der Waals surface area contributed by atoms with E-state index < -0.39 is 18.4 Å². The molecule has 0 aliphatic heterocycles. The number of esters is 1. The van der Waals surface area contributed by atoms with Gasteiger partial charge in [-0.25, -0.2) is 9.78 Å². The maximum absolute atomic E-state index is 12.4. The normalized spacial score (nSPS) is 10.8. The number of nitrogens with zero attached hydrogens (tertiary/aromatic N) is 2. The zero-order valence-electron chi connectivity index (χ0n) is 15.3. The molecule has 156 valence electrons. The van der Waals surface area contributed by atoms with Gasteiger partial charge in [-0.05, 0) is 12.1 Å². The van der Waals surface area contributed by atoms with E-state index in [1.165, 1.54) is 49.3 Å². The third kappa shape index (κ3) is 4.89. The van der Waals surface area contributed by atoms with E-state index in [0.29, 0.717) is 16.2 Å². The molecule has 0 spiro atoms. The lowest BCUT2D eigenvalue weighted by Crippen LogP contribution is -2.22. The highest BCUT2D eigenvalue weighted by Crippen LogP contribution is 2.34. The number of Topliss-reactive ketones (excluding diaryl/α,β-unsaturated/α-hetero) is 1. The topological polar surface area (TPSA) is 120 Å². The van der Waals surface area contributed by atoms with Gasteiger partial charge in [0.15, 0.2) is 22.9 Å². The van der Waals surface area contributed by atoms with Crippen molar-refractivity contribution in [1.29, 1.82) is 0 Å². The number of carbonyl (C=O) groups excluding carboxylic acids is 3. The molecular weight excluding hydrogens is 424 g/mol. The van der Waals surface area contributed by atoms with Crippen LogP contribution in [0.4, 0.5) is 8.78 Å². The van der Waals surface area contributed by atoms with Crippen LogP contribution >= 0.6 is 11.8 Å². The standard InChI is InChI=1S/C18H13F2N3O6S/c1-27-14-4-5-21-12(15(14)29-16(26)13(25)7-24)8-30-18-22-10-3-2-9(28-17(19)20)6-11(10)23-18/h2-7,17H,8H2,1H3,(H,22,23). The molecule has 0 saturated carbocycles. The highest BCUT2D eigenvalue weighted by Gasteiger charge is 2.21. The van der Waals surface area contributed by atoms with Gasteiger partial charge in [0.25, 0.3) is 0 Å². The number of aromatic nitrogens is 3. The predicted octanol–water partition coefficient (Wildman–Crippen LogP) is 2.53. The Morgan fingerprint density at radius 3 is 2.80 bits per heavy atom. The van der Waals surface area contributed by atoms with E-state index in [2.05, 4.69) is 19.7 Å². The average Bonchev–Trinajstić information content (AvgIpc) is 3.13. The number of nitrogens with one attached hydrogen (secondary N) is 1. The van der Waals surface area contributed by atoms with Crippen LogP contribution in [-0.2, 0) is 20.1 Å². The summed E-state index contributed by atoms with van der Waals surface area (Å²) in [5.41, 5.74) is 1.27. The van der Waals surface area contributed by atoms with Crippen molar-refractivity contribution in [3.63, 3.8) is 0 Å². The Morgan fingerprint density at radius 2 is 2.10 bits per heavy atom. The first-order valence-electron chi connectivity index (χ1n) is 8.21. The van der Waals surface area contributed by atoms with Crippen molar-refractivity contribution in [2.24, 2.45) is 0 Å². The number of imidazole rings is 1. The predicted molar refractivity (Wildman–Crippen MR) is 99.8 cm³/mol. The molecule has 0 aliphatic rings. The van der Waals surface area contributed by atoms with Crippen molar-refractivity contribution in [3.05, 3.63) is 36.2 Å². The van der Waals surface area contributed by atoms with Crippen LogP contribution in [0.15, 0.2) is 35.6 Å². The monoisotopic (exact) mass is 437 g/mol. The lowest BCUT2D eigenvalue weighted by Gasteiger charge is -2.11. The second kappa shape index (κ2) is 9.31. The molecule has 0 atom stereocenters. The molecule has 30 heavy (non-hydrogen) atoms. The molecular formula is C18H13F2N3O6S. The molecule has 1 aromatic carbocycles. The summed E-state index contributed by atoms with van der Waals surface area (Å²) in [5.74, 6) is -2.53. The fourth-order valence-corrected chi connectivity index (χ4v) is 3.21. The van der Waals surface area contributed by atoms with Crippen molar-refractivity contribution >= 4 is 40.8 Å². The number of ether oxygens (including phenoxy) is 3. The van der Waals surface area contributed by atoms with Crippen LogP contribution in [0.5, 0.6) is 17.2 Å². The van der Waals surface area contributed by atoms with Crippen LogP contribution in [0, 0.1) is 0 Å². The molecule has 0 unspecified atom stereocenters. The molecule has 1 N–H and O–H groups in total. The van der Waals surface area contributed by atoms with Gasteiger partial charge >= 0.3 is 18.4 Å². The average molecular weight is 437 g/mol. The second-order valence-corrected chi connectivity index (χ2v) is 6.51.